The average Bonchev–Trinajstić information content (AvgIpc) is 3.35. The fourth-order valence-corrected chi connectivity index (χ4v) is 3.66. The molecule has 3 aromatic heterocycles. The van der Waals surface area contributed by atoms with E-state index in [0.717, 1.165) is 28.8 Å². The van der Waals surface area contributed by atoms with Gasteiger partial charge >= 0.3 is 0 Å². The van der Waals surface area contributed by atoms with Crippen LogP contribution in [0.25, 0.3) is 28.4 Å². The topological polar surface area (TPSA) is 79.4 Å². The van der Waals surface area contributed by atoms with Crippen LogP contribution >= 0.6 is 0 Å². The van der Waals surface area contributed by atoms with Crippen LogP contribution in [0.2, 0.25) is 0 Å². The van der Waals surface area contributed by atoms with Crippen molar-refractivity contribution in [1.29, 1.82) is 0 Å². The predicted molar refractivity (Wildman–Crippen MR) is 118 cm³/mol. The van der Waals surface area contributed by atoms with Crippen molar-refractivity contribution in [2.24, 2.45) is 0 Å². The van der Waals surface area contributed by atoms with Gasteiger partial charge in [0.1, 0.15) is 0 Å². The maximum Gasteiger partial charge on any atom is 0.277 e. The van der Waals surface area contributed by atoms with Crippen LogP contribution in [0, 0.1) is 6.92 Å². The molecule has 0 atom stereocenters. The third kappa shape index (κ3) is 3.33. The fourth-order valence-electron chi connectivity index (χ4n) is 3.66. The molecule has 0 radical (unpaired) electrons. The number of fused-ring (bicyclic) bond motifs is 1. The number of pyridine rings is 1. The van der Waals surface area contributed by atoms with Crippen molar-refractivity contribution in [1.82, 2.24) is 24.7 Å². The number of imidazole rings is 1. The molecule has 0 unspecified atom stereocenters. The number of hydrogen-bond donors (Lipinski definition) is 2. The highest BCUT2D eigenvalue weighted by Gasteiger charge is 2.18. The number of nitrogens with one attached hydrogen (secondary N) is 2. The van der Waals surface area contributed by atoms with Crippen LogP contribution in [0.5, 0.6) is 0 Å². The highest BCUT2D eigenvalue weighted by Crippen LogP contribution is 2.22. The predicted octanol–water partition coefficient (Wildman–Crippen LogP) is 4.20. The summed E-state index contributed by atoms with van der Waals surface area (Å²) in [5.41, 5.74) is 6.25. The number of aromatic nitrogens is 5. The van der Waals surface area contributed by atoms with Gasteiger partial charge in [-0.15, -0.1) is 0 Å². The molecule has 0 fully saturated rings. The van der Waals surface area contributed by atoms with Gasteiger partial charge in [-0.25, -0.2) is 4.98 Å². The minimum Gasteiger partial charge on any atom is -0.321 e. The molecule has 2 aromatic carbocycles. The largest absolute Gasteiger partial charge is 0.321 e. The van der Waals surface area contributed by atoms with E-state index in [4.69, 9.17) is 0 Å². The number of benzene rings is 2. The number of H-pyrrole nitrogens is 2. The average molecular weight is 395 g/mol. The lowest BCUT2D eigenvalue weighted by molar-refractivity contribution is 0.799. The Bertz CT molecular complexity index is 1330. The van der Waals surface area contributed by atoms with E-state index in [9.17, 15) is 4.79 Å². The summed E-state index contributed by atoms with van der Waals surface area (Å²) in [5.74, 6) is 0.437. The van der Waals surface area contributed by atoms with E-state index in [0.29, 0.717) is 18.0 Å². The maximum absolute atomic E-state index is 13.4. The van der Waals surface area contributed by atoms with Crippen molar-refractivity contribution < 1.29 is 0 Å². The lowest BCUT2D eigenvalue weighted by atomic mass is 10.0. The smallest absolute Gasteiger partial charge is 0.277 e. The molecule has 0 saturated carbocycles. The second-order valence-corrected chi connectivity index (χ2v) is 7.39. The van der Waals surface area contributed by atoms with E-state index in [1.165, 1.54) is 15.8 Å². The van der Waals surface area contributed by atoms with E-state index in [1.54, 1.807) is 6.20 Å². The summed E-state index contributed by atoms with van der Waals surface area (Å²) >= 11 is 0. The molecule has 3 heterocycles. The highest BCUT2D eigenvalue weighted by atomic mass is 16.1. The summed E-state index contributed by atoms with van der Waals surface area (Å²) < 4.78 is 1.48. The highest BCUT2D eigenvalue weighted by molar-refractivity contribution is 5.71. The number of aryl methyl sites for hydroxylation is 2. The molecular formula is C24H21N5O. The summed E-state index contributed by atoms with van der Waals surface area (Å²) in [6.07, 6.45) is 3.11. The van der Waals surface area contributed by atoms with Gasteiger partial charge < -0.3 is 4.98 Å². The first-order valence-electron chi connectivity index (χ1n) is 9.95. The molecule has 148 valence electrons. The van der Waals surface area contributed by atoms with Crippen LogP contribution in [0.15, 0.2) is 77.7 Å². The lowest BCUT2D eigenvalue weighted by Crippen LogP contribution is -2.18. The van der Waals surface area contributed by atoms with Crippen molar-refractivity contribution in [2.45, 2.75) is 19.8 Å². The van der Waals surface area contributed by atoms with Crippen molar-refractivity contribution in [3.63, 3.8) is 0 Å². The SMILES string of the molecule is Cc1ccc(CCc2c(-c3ccccc3)[nH]n(-c3nc4ncccc4[nH]3)c2=O)cc1. The number of aromatic amines is 2. The molecule has 5 aromatic rings. The van der Waals surface area contributed by atoms with Crippen LogP contribution in [0.4, 0.5) is 0 Å². The van der Waals surface area contributed by atoms with Crippen LogP contribution in [0.3, 0.4) is 0 Å². The standard InChI is InChI=1S/C24H21N5O/c1-16-9-11-17(12-10-16)13-14-19-21(18-6-3-2-4-7-18)28-29(23(19)30)24-26-20-8-5-15-25-22(20)27-24/h2-12,15,28H,13-14H2,1H3,(H,25,26,27). The first-order chi connectivity index (χ1) is 14.7. The van der Waals surface area contributed by atoms with Gasteiger partial charge in [0, 0.05) is 11.8 Å². The van der Waals surface area contributed by atoms with Crippen LogP contribution in [-0.4, -0.2) is 24.7 Å². The van der Waals surface area contributed by atoms with Gasteiger partial charge in [0.05, 0.1) is 11.2 Å². The number of rotatable bonds is 5. The first-order valence-corrected chi connectivity index (χ1v) is 9.95. The molecule has 5 rings (SSSR count). The Labute approximate surface area is 173 Å². The van der Waals surface area contributed by atoms with Gasteiger partial charge in [-0.3, -0.25) is 9.89 Å². The van der Waals surface area contributed by atoms with Gasteiger partial charge in [0.2, 0.25) is 5.95 Å². The zero-order valence-electron chi connectivity index (χ0n) is 16.6. The summed E-state index contributed by atoms with van der Waals surface area (Å²) in [7, 11) is 0. The van der Waals surface area contributed by atoms with E-state index in [-0.39, 0.29) is 5.56 Å². The van der Waals surface area contributed by atoms with Crippen LogP contribution in [-0.2, 0) is 12.8 Å². The molecule has 0 aliphatic heterocycles. The summed E-state index contributed by atoms with van der Waals surface area (Å²) in [6.45, 7) is 2.07. The third-order valence-corrected chi connectivity index (χ3v) is 5.29. The number of hydrogen-bond acceptors (Lipinski definition) is 3. The third-order valence-electron chi connectivity index (χ3n) is 5.29. The van der Waals surface area contributed by atoms with Gasteiger partial charge in [-0.05, 0) is 43.0 Å². The Morgan fingerprint density at radius 1 is 0.933 bits per heavy atom. The Morgan fingerprint density at radius 3 is 2.50 bits per heavy atom. The molecule has 6 heteroatoms. The number of nitrogens with zero attached hydrogens (tertiary/aromatic N) is 3. The Kier molecular flexibility index (Phi) is 4.52. The molecule has 0 amide bonds. The second-order valence-electron chi connectivity index (χ2n) is 7.39. The lowest BCUT2D eigenvalue weighted by Gasteiger charge is -2.04. The van der Waals surface area contributed by atoms with E-state index < -0.39 is 0 Å². The fraction of sp³-hybridized carbons (Fsp3) is 0.125. The zero-order chi connectivity index (χ0) is 20.5. The molecule has 2 N–H and O–H groups in total. The van der Waals surface area contributed by atoms with E-state index in [1.807, 2.05) is 42.5 Å². The van der Waals surface area contributed by atoms with Crippen LogP contribution < -0.4 is 5.56 Å². The summed E-state index contributed by atoms with van der Waals surface area (Å²) in [6, 6.07) is 22.1. The minimum atomic E-state index is -0.0972. The zero-order valence-corrected chi connectivity index (χ0v) is 16.6. The Hall–Kier alpha value is -3.93. The van der Waals surface area contributed by atoms with Gasteiger partial charge in [-0.2, -0.15) is 9.67 Å². The summed E-state index contributed by atoms with van der Waals surface area (Å²) in [4.78, 5) is 25.3. The van der Waals surface area contributed by atoms with E-state index in [2.05, 4.69) is 51.2 Å². The van der Waals surface area contributed by atoms with Crippen molar-refractivity contribution in [3.05, 3.63) is 100.0 Å². The van der Waals surface area contributed by atoms with Gasteiger partial charge in [-0.1, -0.05) is 60.2 Å². The molecule has 6 nitrogen and oxygen atoms in total. The molecular weight excluding hydrogens is 374 g/mol. The van der Waals surface area contributed by atoms with Crippen molar-refractivity contribution in [3.8, 4) is 17.2 Å². The Balaban J connectivity index is 1.58. The van der Waals surface area contributed by atoms with E-state index >= 15 is 0 Å². The molecule has 0 aliphatic carbocycles. The first kappa shape index (κ1) is 18.1. The molecule has 0 aliphatic rings. The van der Waals surface area contributed by atoms with Crippen molar-refractivity contribution in [2.75, 3.05) is 0 Å². The normalized spacial score (nSPS) is 11.2. The monoisotopic (exact) mass is 395 g/mol. The molecule has 30 heavy (non-hydrogen) atoms. The minimum absolute atomic E-state index is 0.0972. The Morgan fingerprint density at radius 2 is 1.73 bits per heavy atom. The van der Waals surface area contributed by atoms with Crippen LogP contribution in [0.1, 0.15) is 16.7 Å². The van der Waals surface area contributed by atoms with Gasteiger partial charge in [0.25, 0.3) is 5.56 Å². The second kappa shape index (κ2) is 7.48. The maximum atomic E-state index is 13.4. The van der Waals surface area contributed by atoms with Gasteiger partial charge in [0.15, 0.2) is 5.65 Å². The van der Waals surface area contributed by atoms with Crippen molar-refractivity contribution >= 4 is 11.2 Å². The summed E-state index contributed by atoms with van der Waals surface area (Å²) in [5, 5.41) is 3.27. The molecule has 0 saturated heterocycles. The molecule has 0 bridgehead atoms. The molecule has 0 spiro atoms. The quantitative estimate of drug-likeness (QED) is 0.468.